The molecular formula is C32H30O2. The molecule has 0 amide bonds. The van der Waals surface area contributed by atoms with E-state index in [1.54, 1.807) is 0 Å². The second-order valence-electron chi connectivity index (χ2n) is 8.35. The smallest absolute Gasteiger partial charge is 0.119 e. The zero-order chi connectivity index (χ0) is 23.6. The molecule has 0 radical (unpaired) electrons. The van der Waals surface area contributed by atoms with Gasteiger partial charge in [0, 0.05) is 11.1 Å². The monoisotopic (exact) mass is 446 g/mol. The molecule has 0 bridgehead atoms. The molecule has 4 aromatic carbocycles. The first-order valence-corrected chi connectivity index (χ1v) is 12.1. The molecule has 34 heavy (non-hydrogen) atoms. The average Bonchev–Trinajstić information content (AvgIpc) is 2.87. The fourth-order valence-electron chi connectivity index (χ4n) is 3.66. The zero-order valence-electron chi connectivity index (χ0n) is 20.0. The van der Waals surface area contributed by atoms with Gasteiger partial charge in [-0.2, -0.15) is 0 Å². The van der Waals surface area contributed by atoms with Crippen molar-refractivity contribution in [1.29, 1.82) is 0 Å². The van der Waals surface area contributed by atoms with Crippen LogP contribution in [-0.2, 0) is 0 Å². The summed E-state index contributed by atoms with van der Waals surface area (Å²) >= 11 is 0. The molecule has 4 aromatic rings. The van der Waals surface area contributed by atoms with Crippen molar-refractivity contribution in [2.75, 3.05) is 13.2 Å². The van der Waals surface area contributed by atoms with Crippen molar-refractivity contribution >= 4 is 21.5 Å². The Kier molecular flexibility index (Phi) is 8.10. The van der Waals surface area contributed by atoms with Crippen molar-refractivity contribution in [1.82, 2.24) is 0 Å². The zero-order valence-corrected chi connectivity index (χ0v) is 20.0. The van der Waals surface area contributed by atoms with Crippen molar-refractivity contribution in [3.05, 3.63) is 83.9 Å². The fraction of sp³-hybridized carbons (Fsp3) is 0.250. The van der Waals surface area contributed by atoms with Gasteiger partial charge in [0.25, 0.3) is 0 Å². The van der Waals surface area contributed by atoms with Gasteiger partial charge in [-0.05, 0) is 94.8 Å². The number of hydrogen-bond donors (Lipinski definition) is 0. The maximum Gasteiger partial charge on any atom is 0.119 e. The lowest BCUT2D eigenvalue weighted by Gasteiger charge is -2.06. The Morgan fingerprint density at radius 1 is 0.529 bits per heavy atom. The molecule has 2 nitrogen and oxygen atoms in total. The van der Waals surface area contributed by atoms with Crippen LogP contribution >= 0.6 is 0 Å². The molecule has 170 valence electrons. The lowest BCUT2D eigenvalue weighted by atomic mass is 10.1. The molecule has 0 aliphatic rings. The molecule has 0 fully saturated rings. The second kappa shape index (κ2) is 11.8. The highest BCUT2D eigenvalue weighted by Gasteiger charge is 2.00. The summed E-state index contributed by atoms with van der Waals surface area (Å²) in [5.41, 5.74) is 1.91. The van der Waals surface area contributed by atoms with Crippen molar-refractivity contribution in [2.24, 2.45) is 0 Å². The molecule has 4 rings (SSSR count). The van der Waals surface area contributed by atoms with Crippen LogP contribution in [0, 0.1) is 23.7 Å². The Bertz CT molecular complexity index is 1280. The van der Waals surface area contributed by atoms with Crippen molar-refractivity contribution in [3.63, 3.8) is 0 Å². The van der Waals surface area contributed by atoms with Gasteiger partial charge in [-0.15, -0.1) is 0 Å². The Hall–Kier alpha value is -3.88. The minimum atomic E-state index is 0.760. The highest BCUT2D eigenvalue weighted by Crippen LogP contribution is 2.23. The summed E-state index contributed by atoms with van der Waals surface area (Å²) in [4.78, 5) is 0. The van der Waals surface area contributed by atoms with Crippen LogP contribution < -0.4 is 9.47 Å². The van der Waals surface area contributed by atoms with Crippen molar-refractivity contribution in [2.45, 2.75) is 39.5 Å². The maximum absolute atomic E-state index is 5.81. The van der Waals surface area contributed by atoms with Crippen LogP contribution in [0.1, 0.15) is 50.7 Å². The molecule has 0 atom stereocenters. The number of benzene rings is 4. The number of hydrogen-bond acceptors (Lipinski definition) is 2. The van der Waals surface area contributed by atoms with Crippen LogP contribution in [0.3, 0.4) is 0 Å². The summed E-state index contributed by atoms with van der Waals surface area (Å²) in [6.07, 6.45) is 4.41. The van der Waals surface area contributed by atoms with Gasteiger partial charge in [0.1, 0.15) is 11.5 Å². The number of rotatable bonds is 8. The highest BCUT2D eigenvalue weighted by molar-refractivity contribution is 5.86. The van der Waals surface area contributed by atoms with Crippen molar-refractivity contribution in [3.8, 4) is 35.2 Å². The van der Waals surface area contributed by atoms with Crippen molar-refractivity contribution < 1.29 is 9.47 Å². The SMILES string of the molecule is CCCCOc1ccc2cc(C#CC#Cc3ccc4cc(OCCCC)ccc4c3)ccc2c1. The molecule has 0 saturated carbocycles. The molecule has 0 N–H and O–H groups in total. The molecule has 0 heterocycles. The van der Waals surface area contributed by atoms with Crippen LogP contribution in [0.4, 0.5) is 0 Å². The first-order chi connectivity index (χ1) is 16.7. The van der Waals surface area contributed by atoms with Gasteiger partial charge in [-0.3, -0.25) is 0 Å². The first kappa shape index (κ1) is 23.3. The fourth-order valence-corrected chi connectivity index (χ4v) is 3.66. The third-order valence-corrected chi connectivity index (χ3v) is 5.63. The lowest BCUT2D eigenvalue weighted by Crippen LogP contribution is -1.96. The van der Waals surface area contributed by atoms with Crippen LogP contribution in [0.5, 0.6) is 11.5 Å². The quantitative estimate of drug-likeness (QED) is 0.203. The van der Waals surface area contributed by atoms with Gasteiger partial charge in [0.2, 0.25) is 0 Å². The third kappa shape index (κ3) is 6.34. The Morgan fingerprint density at radius 2 is 0.941 bits per heavy atom. The molecule has 0 aromatic heterocycles. The summed E-state index contributed by atoms with van der Waals surface area (Å²) in [6.45, 7) is 5.85. The van der Waals surface area contributed by atoms with Gasteiger partial charge in [-0.25, -0.2) is 0 Å². The predicted octanol–water partition coefficient (Wildman–Crippen LogP) is 7.75. The van der Waals surface area contributed by atoms with Crippen LogP contribution in [-0.4, -0.2) is 13.2 Å². The lowest BCUT2D eigenvalue weighted by molar-refractivity contribution is 0.309. The Labute approximate surface area is 202 Å². The van der Waals surface area contributed by atoms with E-state index in [0.717, 1.165) is 83.1 Å². The van der Waals surface area contributed by atoms with E-state index < -0.39 is 0 Å². The number of ether oxygens (including phenoxy) is 2. The van der Waals surface area contributed by atoms with E-state index in [-0.39, 0.29) is 0 Å². The minimum absolute atomic E-state index is 0.760. The Morgan fingerprint density at radius 3 is 1.38 bits per heavy atom. The molecule has 0 spiro atoms. The topological polar surface area (TPSA) is 18.5 Å². The van der Waals surface area contributed by atoms with E-state index in [2.05, 4.69) is 86.1 Å². The molecule has 0 saturated heterocycles. The van der Waals surface area contributed by atoms with E-state index in [0.29, 0.717) is 0 Å². The number of unbranched alkanes of at least 4 members (excludes halogenated alkanes) is 2. The molecule has 0 aliphatic heterocycles. The van der Waals surface area contributed by atoms with E-state index >= 15 is 0 Å². The summed E-state index contributed by atoms with van der Waals surface area (Å²) in [5.74, 6) is 14.1. The van der Waals surface area contributed by atoms with Crippen LogP contribution in [0.2, 0.25) is 0 Å². The molecular weight excluding hydrogens is 416 g/mol. The summed E-state index contributed by atoms with van der Waals surface area (Å²) in [6, 6.07) is 24.8. The van der Waals surface area contributed by atoms with E-state index in [4.69, 9.17) is 9.47 Å². The molecule has 2 heteroatoms. The highest BCUT2D eigenvalue weighted by atomic mass is 16.5. The predicted molar refractivity (Wildman–Crippen MR) is 142 cm³/mol. The van der Waals surface area contributed by atoms with E-state index in [9.17, 15) is 0 Å². The maximum atomic E-state index is 5.81. The second-order valence-corrected chi connectivity index (χ2v) is 8.35. The number of fused-ring (bicyclic) bond motifs is 2. The van der Waals surface area contributed by atoms with Gasteiger partial charge in [0.15, 0.2) is 0 Å². The molecule has 0 unspecified atom stereocenters. The first-order valence-electron chi connectivity index (χ1n) is 12.1. The van der Waals surface area contributed by atoms with E-state index in [1.165, 1.54) is 0 Å². The normalized spacial score (nSPS) is 10.3. The summed E-state index contributed by atoms with van der Waals surface area (Å²) < 4.78 is 11.6. The summed E-state index contributed by atoms with van der Waals surface area (Å²) in [7, 11) is 0. The molecule has 0 aliphatic carbocycles. The van der Waals surface area contributed by atoms with Gasteiger partial charge < -0.3 is 9.47 Å². The van der Waals surface area contributed by atoms with Crippen LogP contribution in [0.25, 0.3) is 21.5 Å². The standard InChI is InChI=1S/C32H30O2/c1-3-5-19-33-31-17-15-27-21-25(11-13-29(27)23-31)9-7-8-10-26-12-14-30-24-32(34-20-6-4-2)18-16-28(30)22-26/h11-18,21-24H,3-6,19-20H2,1-2H3. The Balaban J connectivity index is 1.43. The van der Waals surface area contributed by atoms with Gasteiger partial charge in [-0.1, -0.05) is 62.8 Å². The van der Waals surface area contributed by atoms with Crippen LogP contribution in [0.15, 0.2) is 72.8 Å². The third-order valence-electron chi connectivity index (χ3n) is 5.63. The van der Waals surface area contributed by atoms with Gasteiger partial charge >= 0.3 is 0 Å². The van der Waals surface area contributed by atoms with Gasteiger partial charge in [0.05, 0.1) is 13.2 Å². The minimum Gasteiger partial charge on any atom is -0.494 e. The average molecular weight is 447 g/mol. The van der Waals surface area contributed by atoms with E-state index in [1.807, 2.05) is 24.3 Å². The summed E-state index contributed by atoms with van der Waals surface area (Å²) in [5, 5.41) is 4.60. The largest absolute Gasteiger partial charge is 0.494 e.